The summed E-state index contributed by atoms with van der Waals surface area (Å²) in [7, 11) is 1.34. The summed E-state index contributed by atoms with van der Waals surface area (Å²) in [6, 6.07) is 4.46. The molecule has 0 aromatic heterocycles. The van der Waals surface area contributed by atoms with Gasteiger partial charge < -0.3 is 4.74 Å². The van der Waals surface area contributed by atoms with Gasteiger partial charge >= 0.3 is 0 Å². The maximum absolute atomic E-state index is 11.0. The quantitative estimate of drug-likeness (QED) is 0.578. The number of nitriles is 1. The summed E-state index contributed by atoms with van der Waals surface area (Å²) in [6.07, 6.45) is 0.468. The molecule has 4 nitrogen and oxygen atoms in total. The summed E-state index contributed by atoms with van der Waals surface area (Å²) in [5.41, 5.74) is 0.237. The first-order valence-electron chi connectivity index (χ1n) is 3.91. The Labute approximate surface area is 91.0 Å². The van der Waals surface area contributed by atoms with Crippen molar-refractivity contribution in [2.24, 2.45) is 0 Å². The first-order chi connectivity index (χ1) is 7.13. The minimum Gasteiger partial charge on any atom is -0.496 e. The van der Waals surface area contributed by atoms with Gasteiger partial charge in [0.05, 0.1) is 24.3 Å². The van der Waals surface area contributed by atoms with Crippen LogP contribution < -0.4 is 4.74 Å². The van der Waals surface area contributed by atoms with Crippen LogP contribution in [0.15, 0.2) is 12.1 Å². The summed E-state index contributed by atoms with van der Waals surface area (Å²) < 4.78 is 4.88. The van der Waals surface area contributed by atoms with E-state index in [0.29, 0.717) is 6.29 Å². The van der Waals surface area contributed by atoms with Crippen LogP contribution in [0.4, 0.5) is 0 Å². The van der Waals surface area contributed by atoms with Gasteiger partial charge in [-0.05, 0) is 23.7 Å². The SMILES string of the molecule is COc1cc(C#N)cc(C(=O)Cl)c1C=O. The van der Waals surface area contributed by atoms with Gasteiger partial charge in [-0.2, -0.15) is 5.26 Å². The second kappa shape index (κ2) is 4.58. The van der Waals surface area contributed by atoms with Crippen molar-refractivity contribution in [1.29, 1.82) is 5.26 Å². The van der Waals surface area contributed by atoms with Crippen molar-refractivity contribution in [3.05, 3.63) is 28.8 Å². The lowest BCUT2D eigenvalue weighted by Crippen LogP contribution is -2.01. The second-order valence-electron chi connectivity index (χ2n) is 2.64. The maximum Gasteiger partial charge on any atom is 0.253 e. The predicted octanol–water partition coefficient (Wildman–Crippen LogP) is 1.76. The molecule has 0 aliphatic heterocycles. The molecule has 15 heavy (non-hydrogen) atoms. The van der Waals surface area contributed by atoms with Gasteiger partial charge in [0.1, 0.15) is 5.75 Å². The van der Waals surface area contributed by atoms with E-state index in [1.807, 2.05) is 6.07 Å². The Hall–Kier alpha value is -1.86. The molecular formula is C10H6ClNO3. The lowest BCUT2D eigenvalue weighted by Gasteiger charge is -2.06. The average Bonchev–Trinajstić information content (AvgIpc) is 2.26. The monoisotopic (exact) mass is 223 g/mol. The van der Waals surface area contributed by atoms with Crippen LogP contribution in [-0.2, 0) is 0 Å². The molecule has 0 aliphatic rings. The number of carbonyl (C=O) groups excluding carboxylic acids is 2. The van der Waals surface area contributed by atoms with E-state index in [4.69, 9.17) is 21.6 Å². The van der Waals surface area contributed by atoms with Gasteiger partial charge in [-0.3, -0.25) is 9.59 Å². The minimum absolute atomic E-state index is 0.0254. The first-order valence-corrected chi connectivity index (χ1v) is 4.29. The Morgan fingerprint density at radius 1 is 1.60 bits per heavy atom. The van der Waals surface area contributed by atoms with Crippen molar-refractivity contribution in [2.45, 2.75) is 0 Å². The smallest absolute Gasteiger partial charge is 0.253 e. The van der Waals surface area contributed by atoms with E-state index in [0.717, 1.165) is 0 Å². The number of aldehydes is 1. The van der Waals surface area contributed by atoms with Crippen molar-refractivity contribution in [3.63, 3.8) is 0 Å². The van der Waals surface area contributed by atoms with E-state index in [1.54, 1.807) is 0 Å². The highest BCUT2D eigenvalue weighted by Crippen LogP contribution is 2.24. The zero-order valence-electron chi connectivity index (χ0n) is 7.78. The van der Waals surface area contributed by atoms with Gasteiger partial charge in [-0.15, -0.1) is 0 Å². The average molecular weight is 224 g/mol. The Morgan fingerprint density at radius 2 is 2.27 bits per heavy atom. The van der Waals surface area contributed by atoms with Crippen LogP contribution in [0.2, 0.25) is 0 Å². The third kappa shape index (κ3) is 2.14. The van der Waals surface area contributed by atoms with Crippen LogP contribution >= 0.6 is 11.6 Å². The van der Waals surface area contributed by atoms with E-state index in [9.17, 15) is 9.59 Å². The first kappa shape index (κ1) is 11.2. The molecular weight excluding hydrogens is 218 g/mol. The lowest BCUT2D eigenvalue weighted by molar-refractivity contribution is 0.106. The van der Waals surface area contributed by atoms with E-state index in [2.05, 4.69) is 0 Å². The highest BCUT2D eigenvalue weighted by atomic mass is 35.5. The topological polar surface area (TPSA) is 67.2 Å². The molecule has 5 heteroatoms. The summed E-state index contributed by atoms with van der Waals surface area (Å²) in [4.78, 5) is 21.7. The number of benzene rings is 1. The van der Waals surface area contributed by atoms with Gasteiger partial charge in [0.15, 0.2) is 6.29 Å². The Bertz CT molecular complexity index is 462. The summed E-state index contributed by atoms with van der Waals surface area (Å²) in [5, 5.41) is 7.88. The van der Waals surface area contributed by atoms with Gasteiger partial charge in [0.25, 0.3) is 5.24 Å². The van der Waals surface area contributed by atoms with Crippen LogP contribution in [0.25, 0.3) is 0 Å². The molecule has 0 N–H and O–H groups in total. The molecule has 0 radical (unpaired) electrons. The standard InChI is InChI=1S/C10H6ClNO3/c1-15-9-3-6(4-12)2-7(10(11)14)8(9)5-13/h2-3,5H,1H3. The number of carbonyl (C=O) groups is 2. The lowest BCUT2D eigenvalue weighted by atomic mass is 10.0. The van der Waals surface area contributed by atoms with Crippen LogP contribution in [0.1, 0.15) is 26.3 Å². The Kier molecular flexibility index (Phi) is 3.42. The Balaban J connectivity index is 3.54. The van der Waals surface area contributed by atoms with Crippen LogP contribution in [-0.4, -0.2) is 18.6 Å². The molecule has 0 aliphatic carbocycles. The molecule has 76 valence electrons. The number of rotatable bonds is 3. The molecule has 0 fully saturated rings. The van der Waals surface area contributed by atoms with Crippen molar-refractivity contribution in [2.75, 3.05) is 7.11 Å². The molecule has 0 amide bonds. The maximum atomic E-state index is 11.0. The number of ether oxygens (including phenoxy) is 1. The highest BCUT2D eigenvalue weighted by molar-refractivity contribution is 6.68. The number of hydrogen-bond donors (Lipinski definition) is 0. The van der Waals surface area contributed by atoms with Crippen molar-refractivity contribution in [3.8, 4) is 11.8 Å². The fourth-order valence-electron chi connectivity index (χ4n) is 1.14. The molecule has 0 bridgehead atoms. The molecule has 0 saturated heterocycles. The zero-order chi connectivity index (χ0) is 11.4. The fraction of sp³-hybridized carbons (Fsp3) is 0.100. The predicted molar refractivity (Wildman–Crippen MR) is 53.3 cm³/mol. The van der Waals surface area contributed by atoms with Crippen molar-refractivity contribution < 1.29 is 14.3 Å². The van der Waals surface area contributed by atoms with Gasteiger partial charge in [-0.1, -0.05) is 0 Å². The van der Waals surface area contributed by atoms with E-state index < -0.39 is 5.24 Å². The summed E-state index contributed by atoms with van der Waals surface area (Å²) in [5.74, 6) is 0.160. The largest absolute Gasteiger partial charge is 0.496 e. The third-order valence-electron chi connectivity index (χ3n) is 1.82. The molecule has 0 atom stereocenters. The molecule has 0 spiro atoms. The number of halogens is 1. The highest BCUT2D eigenvalue weighted by Gasteiger charge is 2.15. The molecule has 0 heterocycles. The fourth-order valence-corrected chi connectivity index (χ4v) is 1.30. The van der Waals surface area contributed by atoms with Gasteiger partial charge in [-0.25, -0.2) is 0 Å². The molecule has 0 unspecified atom stereocenters. The van der Waals surface area contributed by atoms with Crippen LogP contribution in [0.3, 0.4) is 0 Å². The molecule has 1 aromatic carbocycles. The molecule has 1 rings (SSSR count). The molecule has 0 saturated carbocycles. The number of hydrogen-bond acceptors (Lipinski definition) is 4. The van der Waals surface area contributed by atoms with Crippen LogP contribution in [0, 0.1) is 11.3 Å². The molecule has 1 aromatic rings. The van der Waals surface area contributed by atoms with E-state index in [-0.39, 0.29) is 22.4 Å². The zero-order valence-corrected chi connectivity index (χ0v) is 8.54. The summed E-state index contributed by atoms with van der Waals surface area (Å²) in [6.45, 7) is 0. The summed E-state index contributed by atoms with van der Waals surface area (Å²) >= 11 is 5.28. The number of methoxy groups -OCH3 is 1. The van der Waals surface area contributed by atoms with Crippen LogP contribution in [0.5, 0.6) is 5.75 Å². The number of nitrogens with zero attached hydrogens (tertiary/aromatic N) is 1. The van der Waals surface area contributed by atoms with Crippen molar-refractivity contribution in [1.82, 2.24) is 0 Å². The van der Waals surface area contributed by atoms with Gasteiger partial charge in [0, 0.05) is 5.56 Å². The van der Waals surface area contributed by atoms with Gasteiger partial charge in [0.2, 0.25) is 0 Å². The minimum atomic E-state index is -0.799. The third-order valence-corrected chi connectivity index (χ3v) is 2.02. The second-order valence-corrected chi connectivity index (χ2v) is 2.99. The van der Waals surface area contributed by atoms with Crippen molar-refractivity contribution >= 4 is 23.1 Å². The Morgan fingerprint density at radius 3 is 2.67 bits per heavy atom. The van der Waals surface area contributed by atoms with E-state index >= 15 is 0 Å². The van der Waals surface area contributed by atoms with E-state index in [1.165, 1.54) is 19.2 Å². The normalized spacial score (nSPS) is 9.13.